The second-order valence-electron chi connectivity index (χ2n) is 12.6. The van der Waals surface area contributed by atoms with E-state index in [2.05, 4.69) is 25.5 Å². The molecule has 1 fully saturated rings. The predicted molar refractivity (Wildman–Crippen MR) is 172 cm³/mol. The molecule has 12 nitrogen and oxygen atoms in total. The number of carbonyl (C=O) groups is 1. The number of anilines is 2. The zero-order chi connectivity index (χ0) is 32.9. The third kappa shape index (κ3) is 5.47. The number of aromatic amines is 1. The summed E-state index contributed by atoms with van der Waals surface area (Å²) in [6.45, 7) is 8.43. The molecule has 46 heavy (non-hydrogen) atoms. The lowest BCUT2D eigenvalue weighted by Crippen LogP contribution is -2.29. The number of aromatic nitrogens is 6. The SMILES string of the molecule is Cc1[nH]c(=O)c(Nc2cc(C(=O)N3CCCC3)n(C)n2)cc1-c1ccnc(-n2ncc3cc(C(C)(C)C)cc(F)c3c2=O)c1CO. The Hall–Kier alpha value is -5.17. The highest BCUT2D eigenvalue weighted by Gasteiger charge is 2.24. The number of benzene rings is 1. The summed E-state index contributed by atoms with van der Waals surface area (Å²) in [7, 11) is 1.67. The van der Waals surface area contributed by atoms with Crippen molar-refractivity contribution < 1.29 is 14.3 Å². The lowest BCUT2D eigenvalue weighted by Gasteiger charge is -2.20. The minimum atomic E-state index is -0.718. The van der Waals surface area contributed by atoms with E-state index in [0.29, 0.717) is 46.8 Å². The molecular weight excluding hydrogens is 591 g/mol. The van der Waals surface area contributed by atoms with Gasteiger partial charge in [0.15, 0.2) is 11.6 Å². The second-order valence-corrected chi connectivity index (χ2v) is 12.6. The summed E-state index contributed by atoms with van der Waals surface area (Å²) in [6.07, 6.45) is 4.79. The number of aliphatic hydroxyl groups is 1. The van der Waals surface area contributed by atoms with Crippen LogP contribution in [0, 0.1) is 12.7 Å². The molecule has 0 spiro atoms. The van der Waals surface area contributed by atoms with Gasteiger partial charge in [-0.15, -0.1) is 0 Å². The molecule has 3 N–H and O–H groups in total. The minimum absolute atomic E-state index is 0.0288. The molecule has 0 bridgehead atoms. The highest BCUT2D eigenvalue weighted by atomic mass is 19.1. The molecule has 1 aromatic carbocycles. The Kier molecular flexibility index (Phi) is 7.80. The number of hydrogen-bond donors (Lipinski definition) is 3. The van der Waals surface area contributed by atoms with Crippen LogP contribution >= 0.6 is 0 Å². The maximum absolute atomic E-state index is 15.3. The largest absolute Gasteiger partial charge is 0.392 e. The molecule has 13 heteroatoms. The molecule has 0 saturated carbocycles. The molecule has 4 aromatic heterocycles. The Morgan fingerprint density at radius 1 is 1.11 bits per heavy atom. The lowest BCUT2D eigenvalue weighted by molar-refractivity contribution is 0.0782. The predicted octanol–water partition coefficient (Wildman–Crippen LogP) is 4.09. The Morgan fingerprint density at radius 3 is 2.54 bits per heavy atom. The van der Waals surface area contributed by atoms with Gasteiger partial charge in [-0.1, -0.05) is 20.8 Å². The second kappa shape index (κ2) is 11.6. The van der Waals surface area contributed by atoms with E-state index in [1.165, 1.54) is 23.1 Å². The van der Waals surface area contributed by atoms with Crippen LogP contribution in [0.15, 0.2) is 52.3 Å². The molecule has 1 saturated heterocycles. The van der Waals surface area contributed by atoms with Crippen LogP contribution < -0.4 is 16.4 Å². The van der Waals surface area contributed by atoms with Crippen molar-refractivity contribution in [3.63, 3.8) is 0 Å². The fraction of sp³-hybridized carbons (Fsp3) is 0.333. The first-order chi connectivity index (χ1) is 21.9. The van der Waals surface area contributed by atoms with Crippen LogP contribution in [0.1, 0.15) is 60.9 Å². The number of likely N-dealkylation sites (tertiary alicyclic amines) is 1. The number of aryl methyl sites for hydroxylation is 2. The number of aliphatic hydroxyl groups excluding tert-OH is 1. The first-order valence-corrected chi connectivity index (χ1v) is 15.0. The van der Waals surface area contributed by atoms with Gasteiger partial charge in [-0.05, 0) is 60.6 Å². The fourth-order valence-electron chi connectivity index (χ4n) is 5.83. The van der Waals surface area contributed by atoms with Gasteiger partial charge in [0.2, 0.25) is 0 Å². The molecule has 238 valence electrons. The van der Waals surface area contributed by atoms with Gasteiger partial charge < -0.3 is 20.3 Å². The third-order valence-corrected chi connectivity index (χ3v) is 8.38. The molecule has 5 aromatic rings. The Morgan fingerprint density at radius 2 is 1.85 bits per heavy atom. The zero-order valence-corrected chi connectivity index (χ0v) is 26.3. The normalized spacial score (nSPS) is 13.5. The van der Waals surface area contributed by atoms with E-state index in [4.69, 9.17) is 0 Å². The molecule has 1 amide bonds. The topological polar surface area (TPSA) is 151 Å². The van der Waals surface area contributed by atoms with Crippen LogP contribution in [-0.2, 0) is 19.1 Å². The van der Waals surface area contributed by atoms with Crippen LogP contribution in [0.4, 0.5) is 15.9 Å². The van der Waals surface area contributed by atoms with Crippen LogP contribution in [0.3, 0.4) is 0 Å². The first kappa shape index (κ1) is 30.8. The zero-order valence-electron chi connectivity index (χ0n) is 26.3. The van der Waals surface area contributed by atoms with Gasteiger partial charge in [-0.2, -0.15) is 14.9 Å². The maximum Gasteiger partial charge on any atom is 0.283 e. The van der Waals surface area contributed by atoms with Gasteiger partial charge in [-0.3, -0.25) is 19.1 Å². The monoisotopic (exact) mass is 626 g/mol. The molecule has 0 aliphatic carbocycles. The van der Waals surface area contributed by atoms with Gasteiger partial charge in [0, 0.05) is 54.6 Å². The van der Waals surface area contributed by atoms with Gasteiger partial charge >= 0.3 is 0 Å². The molecule has 0 atom stereocenters. The summed E-state index contributed by atoms with van der Waals surface area (Å²) in [4.78, 5) is 48.5. The number of carbonyl (C=O) groups excluding carboxylic acids is 1. The summed E-state index contributed by atoms with van der Waals surface area (Å²) in [5.41, 5.74) is 1.56. The first-order valence-electron chi connectivity index (χ1n) is 15.0. The van der Waals surface area contributed by atoms with E-state index in [-0.39, 0.29) is 33.8 Å². The number of amides is 1. The number of H-pyrrole nitrogens is 1. The van der Waals surface area contributed by atoms with Crippen LogP contribution in [0.5, 0.6) is 0 Å². The highest BCUT2D eigenvalue weighted by molar-refractivity contribution is 5.93. The van der Waals surface area contributed by atoms with Crippen molar-refractivity contribution in [1.29, 1.82) is 0 Å². The van der Waals surface area contributed by atoms with E-state index < -0.39 is 23.5 Å². The molecule has 0 radical (unpaired) electrons. The standard InChI is InChI=1S/C33H35FN8O4/c1-18-22(14-25(30(44)37-18)38-27-15-26(40(5)39-27)31(45)41-10-6-7-11-41)21-8-9-35-29(23(21)17-43)42-32(46)28-19(16-36-42)12-20(13-24(28)34)33(2,3)4/h8-9,12-16,43H,6-7,10-11,17H2,1-5H3,(H,37,44)(H,38,39). The number of halogens is 1. The average Bonchev–Trinajstić information content (AvgIpc) is 3.67. The lowest BCUT2D eigenvalue weighted by atomic mass is 9.86. The fourth-order valence-corrected chi connectivity index (χ4v) is 5.83. The van der Waals surface area contributed by atoms with Crippen molar-refractivity contribution in [2.24, 2.45) is 7.05 Å². The molecule has 1 aliphatic heterocycles. The Balaban J connectivity index is 1.40. The number of nitrogens with zero attached hydrogens (tertiary/aromatic N) is 6. The van der Waals surface area contributed by atoms with E-state index in [1.54, 1.807) is 43.1 Å². The van der Waals surface area contributed by atoms with E-state index >= 15 is 4.39 Å². The quantitative estimate of drug-likeness (QED) is 0.255. The number of nitrogens with one attached hydrogen (secondary N) is 2. The summed E-state index contributed by atoms with van der Waals surface area (Å²) in [5.74, 6) is -0.451. The van der Waals surface area contributed by atoms with Crippen molar-refractivity contribution in [1.82, 2.24) is 34.4 Å². The summed E-state index contributed by atoms with van der Waals surface area (Å²) in [6, 6.07) is 7.96. The highest BCUT2D eigenvalue weighted by Crippen LogP contribution is 2.31. The molecule has 1 aliphatic rings. The van der Waals surface area contributed by atoms with Crippen molar-refractivity contribution in [3.8, 4) is 16.9 Å². The molecular formula is C33H35FN8O4. The van der Waals surface area contributed by atoms with Crippen LogP contribution in [0.2, 0.25) is 0 Å². The molecule has 5 heterocycles. The van der Waals surface area contributed by atoms with Gasteiger partial charge in [-0.25, -0.2) is 9.37 Å². The van der Waals surface area contributed by atoms with Crippen LogP contribution in [0.25, 0.3) is 27.7 Å². The Labute approximate surface area is 263 Å². The van der Waals surface area contributed by atoms with Crippen molar-refractivity contribution >= 4 is 28.2 Å². The smallest absolute Gasteiger partial charge is 0.283 e. The number of hydrogen-bond acceptors (Lipinski definition) is 8. The maximum atomic E-state index is 15.3. The van der Waals surface area contributed by atoms with Gasteiger partial charge in [0.25, 0.3) is 17.0 Å². The Bertz CT molecular complexity index is 2120. The third-order valence-electron chi connectivity index (χ3n) is 8.38. The van der Waals surface area contributed by atoms with Crippen molar-refractivity contribution in [3.05, 3.63) is 91.8 Å². The van der Waals surface area contributed by atoms with Gasteiger partial charge in [0.05, 0.1) is 18.2 Å². The van der Waals surface area contributed by atoms with E-state index in [0.717, 1.165) is 23.1 Å². The van der Waals surface area contributed by atoms with Crippen molar-refractivity contribution in [2.75, 3.05) is 18.4 Å². The molecule has 6 rings (SSSR count). The summed E-state index contributed by atoms with van der Waals surface area (Å²) in [5, 5.41) is 22.5. The van der Waals surface area contributed by atoms with Gasteiger partial charge in [0.1, 0.15) is 17.2 Å². The van der Waals surface area contributed by atoms with Crippen LogP contribution in [-0.4, -0.2) is 58.5 Å². The number of rotatable bonds is 6. The minimum Gasteiger partial charge on any atom is -0.392 e. The van der Waals surface area contributed by atoms with E-state index in [1.807, 2.05) is 20.8 Å². The summed E-state index contributed by atoms with van der Waals surface area (Å²) >= 11 is 0. The molecule has 0 unspecified atom stereocenters. The van der Waals surface area contributed by atoms with Crippen molar-refractivity contribution in [2.45, 2.75) is 52.6 Å². The average molecular weight is 627 g/mol. The number of pyridine rings is 2. The van der Waals surface area contributed by atoms with E-state index in [9.17, 15) is 19.5 Å². The number of fused-ring (bicyclic) bond motifs is 1. The summed E-state index contributed by atoms with van der Waals surface area (Å²) < 4.78 is 17.8.